The van der Waals surface area contributed by atoms with Gasteiger partial charge in [0.15, 0.2) is 0 Å². The van der Waals surface area contributed by atoms with Crippen molar-refractivity contribution in [2.75, 3.05) is 5.32 Å². The number of rotatable bonds is 4. The Hall–Kier alpha value is -1.69. The van der Waals surface area contributed by atoms with E-state index >= 15 is 0 Å². The summed E-state index contributed by atoms with van der Waals surface area (Å²) in [4.78, 5) is 0. The average Bonchev–Trinajstić information content (AvgIpc) is 2.40. The predicted octanol–water partition coefficient (Wildman–Crippen LogP) is 5.27. The van der Waals surface area contributed by atoms with Crippen molar-refractivity contribution in [3.63, 3.8) is 0 Å². The van der Waals surface area contributed by atoms with Crippen LogP contribution in [0.1, 0.15) is 11.1 Å². The fraction of sp³-hybridized carbons (Fsp3) is 0.200. The lowest BCUT2D eigenvalue weighted by atomic mass is 10.2. The van der Waals surface area contributed by atoms with E-state index in [9.17, 15) is 13.2 Å². The third kappa shape index (κ3) is 4.97. The molecule has 21 heavy (non-hydrogen) atoms. The molecule has 0 atom stereocenters. The number of benzene rings is 2. The van der Waals surface area contributed by atoms with E-state index in [-0.39, 0.29) is 10.2 Å². The molecule has 0 aliphatic heterocycles. The van der Waals surface area contributed by atoms with Gasteiger partial charge in [-0.1, -0.05) is 23.8 Å². The zero-order valence-electron chi connectivity index (χ0n) is 11.2. The van der Waals surface area contributed by atoms with E-state index in [0.29, 0.717) is 6.54 Å². The van der Waals surface area contributed by atoms with Crippen LogP contribution in [0.5, 0.6) is 5.75 Å². The minimum absolute atomic E-state index is 0.249. The first-order chi connectivity index (χ1) is 9.83. The Morgan fingerprint density at radius 1 is 1.10 bits per heavy atom. The van der Waals surface area contributed by atoms with E-state index in [1.807, 2.05) is 31.2 Å². The monoisotopic (exact) mass is 359 g/mol. The highest BCUT2D eigenvalue weighted by atomic mass is 79.9. The summed E-state index contributed by atoms with van der Waals surface area (Å²) in [6.07, 6.45) is -4.69. The number of anilines is 1. The van der Waals surface area contributed by atoms with Crippen molar-refractivity contribution in [3.05, 3.63) is 58.1 Å². The van der Waals surface area contributed by atoms with E-state index in [1.54, 1.807) is 12.1 Å². The lowest BCUT2D eigenvalue weighted by molar-refractivity contribution is -0.274. The standard InChI is InChI=1S/C15H13BrF3NO/c1-10-2-5-12(6-3-10)20-9-11-4-7-14(13(16)8-11)21-15(17,18)19/h2-8,20H,9H2,1H3. The van der Waals surface area contributed by atoms with Gasteiger partial charge in [-0.05, 0) is 52.7 Å². The molecule has 0 saturated carbocycles. The largest absolute Gasteiger partial charge is 0.573 e. The van der Waals surface area contributed by atoms with E-state index in [0.717, 1.165) is 16.8 Å². The lowest BCUT2D eigenvalue weighted by Gasteiger charge is -2.12. The fourth-order valence-corrected chi connectivity index (χ4v) is 2.24. The molecular formula is C15H13BrF3NO. The molecule has 0 fully saturated rings. The Morgan fingerprint density at radius 2 is 1.76 bits per heavy atom. The van der Waals surface area contributed by atoms with Crippen LogP contribution in [0.3, 0.4) is 0 Å². The van der Waals surface area contributed by atoms with Crippen molar-refractivity contribution in [1.29, 1.82) is 0 Å². The fourth-order valence-electron chi connectivity index (χ4n) is 1.74. The van der Waals surface area contributed by atoms with Crippen LogP contribution in [0, 0.1) is 6.92 Å². The van der Waals surface area contributed by atoms with Gasteiger partial charge in [-0.3, -0.25) is 0 Å². The zero-order valence-corrected chi connectivity index (χ0v) is 12.8. The van der Waals surface area contributed by atoms with Crippen LogP contribution < -0.4 is 10.1 Å². The van der Waals surface area contributed by atoms with Gasteiger partial charge >= 0.3 is 6.36 Å². The van der Waals surface area contributed by atoms with Gasteiger partial charge in [0.1, 0.15) is 5.75 Å². The second-order valence-electron chi connectivity index (χ2n) is 4.53. The maximum absolute atomic E-state index is 12.2. The molecule has 1 N–H and O–H groups in total. The summed E-state index contributed by atoms with van der Waals surface area (Å²) in [6.45, 7) is 2.51. The molecule has 0 aliphatic rings. The molecule has 2 aromatic rings. The molecule has 0 spiro atoms. The second kappa shape index (κ2) is 6.39. The maximum Gasteiger partial charge on any atom is 0.573 e. The van der Waals surface area contributed by atoms with Crippen LogP contribution >= 0.6 is 15.9 Å². The minimum Gasteiger partial charge on any atom is -0.405 e. The van der Waals surface area contributed by atoms with E-state index in [1.165, 1.54) is 6.07 Å². The highest BCUT2D eigenvalue weighted by Crippen LogP contribution is 2.31. The molecular weight excluding hydrogens is 347 g/mol. The first-order valence-electron chi connectivity index (χ1n) is 6.18. The molecule has 0 radical (unpaired) electrons. The van der Waals surface area contributed by atoms with Crippen molar-refractivity contribution in [2.24, 2.45) is 0 Å². The summed E-state index contributed by atoms with van der Waals surface area (Å²) in [5, 5.41) is 3.20. The molecule has 0 unspecified atom stereocenters. The van der Waals surface area contributed by atoms with E-state index < -0.39 is 6.36 Å². The Kier molecular flexibility index (Phi) is 4.77. The molecule has 2 nitrogen and oxygen atoms in total. The minimum atomic E-state index is -4.69. The maximum atomic E-state index is 12.2. The van der Waals surface area contributed by atoms with Gasteiger partial charge in [-0.15, -0.1) is 13.2 Å². The van der Waals surface area contributed by atoms with Crippen LogP contribution in [0.4, 0.5) is 18.9 Å². The van der Waals surface area contributed by atoms with Crippen LogP contribution in [-0.4, -0.2) is 6.36 Å². The number of aryl methyl sites for hydroxylation is 1. The van der Waals surface area contributed by atoms with Crippen molar-refractivity contribution in [2.45, 2.75) is 19.8 Å². The highest BCUT2D eigenvalue weighted by molar-refractivity contribution is 9.10. The number of halogens is 4. The predicted molar refractivity (Wildman–Crippen MR) is 79.3 cm³/mol. The van der Waals surface area contributed by atoms with Crippen LogP contribution in [0.15, 0.2) is 46.9 Å². The third-order valence-electron chi connectivity index (χ3n) is 2.77. The number of hydrogen-bond donors (Lipinski definition) is 1. The summed E-state index contributed by atoms with van der Waals surface area (Å²) in [7, 11) is 0. The van der Waals surface area contributed by atoms with Crippen molar-refractivity contribution >= 4 is 21.6 Å². The highest BCUT2D eigenvalue weighted by Gasteiger charge is 2.31. The molecule has 2 aromatic carbocycles. The summed E-state index contributed by atoms with van der Waals surface area (Å²) in [5.74, 6) is -0.249. The Bertz CT molecular complexity index is 611. The number of ether oxygens (including phenoxy) is 1. The van der Waals surface area contributed by atoms with Gasteiger partial charge in [0.2, 0.25) is 0 Å². The molecule has 0 aliphatic carbocycles. The Balaban J connectivity index is 2.01. The molecule has 0 heterocycles. The molecule has 0 aromatic heterocycles. The second-order valence-corrected chi connectivity index (χ2v) is 5.39. The molecule has 6 heteroatoms. The Labute approximate surface area is 129 Å². The van der Waals surface area contributed by atoms with Crippen LogP contribution in [0.25, 0.3) is 0 Å². The molecule has 0 saturated heterocycles. The average molecular weight is 360 g/mol. The van der Waals surface area contributed by atoms with Crippen molar-refractivity contribution in [1.82, 2.24) is 0 Å². The van der Waals surface area contributed by atoms with Gasteiger partial charge in [-0.25, -0.2) is 0 Å². The smallest absolute Gasteiger partial charge is 0.405 e. The van der Waals surface area contributed by atoms with Crippen LogP contribution in [0.2, 0.25) is 0 Å². The van der Waals surface area contributed by atoms with Crippen molar-refractivity contribution in [3.8, 4) is 5.75 Å². The number of nitrogens with one attached hydrogen (secondary N) is 1. The van der Waals surface area contributed by atoms with Gasteiger partial charge in [0, 0.05) is 12.2 Å². The summed E-state index contributed by atoms with van der Waals surface area (Å²) in [5.41, 5.74) is 2.96. The first kappa shape index (κ1) is 15.7. The van der Waals surface area contributed by atoms with Gasteiger partial charge in [-0.2, -0.15) is 0 Å². The molecule has 2 rings (SSSR count). The molecule has 112 valence electrons. The summed E-state index contributed by atoms with van der Waals surface area (Å²) < 4.78 is 40.7. The number of hydrogen-bond acceptors (Lipinski definition) is 2. The van der Waals surface area contributed by atoms with Crippen molar-refractivity contribution < 1.29 is 17.9 Å². The first-order valence-corrected chi connectivity index (χ1v) is 6.97. The summed E-state index contributed by atoms with van der Waals surface area (Å²) in [6, 6.07) is 12.4. The van der Waals surface area contributed by atoms with Gasteiger partial charge in [0.25, 0.3) is 0 Å². The Morgan fingerprint density at radius 3 is 2.33 bits per heavy atom. The molecule has 0 bridgehead atoms. The van der Waals surface area contributed by atoms with E-state index in [2.05, 4.69) is 26.0 Å². The van der Waals surface area contributed by atoms with Gasteiger partial charge < -0.3 is 10.1 Å². The quantitative estimate of drug-likeness (QED) is 0.802. The number of alkyl halides is 3. The normalized spacial score (nSPS) is 11.3. The summed E-state index contributed by atoms with van der Waals surface area (Å²) >= 11 is 3.08. The third-order valence-corrected chi connectivity index (χ3v) is 3.39. The van der Waals surface area contributed by atoms with Crippen LogP contribution in [-0.2, 0) is 6.54 Å². The topological polar surface area (TPSA) is 21.3 Å². The lowest BCUT2D eigenvalue weighted by Crippen LogP contribution is -2.17. The molecule has 0 amide bonds. The van der Waals surface area contributed by atoms with E-state index in [4.69, 9.17) is 0 Å². The van der Waals surface area contributed by atoms with Gasteiger partial charge in [0.05, 0.1) is 4.47 Å². The zero-order chi connectivity index (χ0) is 15.5. The SMILES string of the molecule is Cc1ccc(NCc2ccc(OC(F)(F)F)c(Br)c2)cc1.